The smallest absolute Gasteiger partial charge is 0.407 e. The summed E-state index contributed by atoms with van der Waals surface area (Å²) in [4.78, 5) is 30.4. The lowest BCUT2D eigenvalue weighted by Gasteiger charge is -2.23. The third-order valence-electron chi connectivity index (χ3n) is 2.53. The van der Waals surface area contributed by atoms with E-state index in [9.17, 15) is 9.59 Å². The minimum absolute atomic E-state index is 0.0362. The van der Waals surface area contributed by atoms with Gasteiger partial charge >= 0.3 is 12.1 Å². The number of hydrogen-bond donors (Lipinski definition) is 2. The number of carboxylic acid groups (broad SMARTS) is 1. The van der Waals surface area contributed by atoms with Gasteiger partial charge in [0.15, 0.2) is 0 Å². The Morgan fingerprint density at radius 1 is 1.43 bits per heavy atom. The lowest BCUT2D eigenvalue weighted by molar-refractivity contribution is -0.137. The van der Waals surface area contributed by atoms with Crippen LogP contribution >= 0.6 is 0 Å². The fourth-order valence-electron chi connectivity index (χ4n) is 1.69. The highest BCUT2D eigenvalue weighted by atomic mass is 16.6. The Bertz CT molecular complexity index is 471. The van der Waals surface area contributed by atoms with Crippen molar-refractivity contribution < 1.29 is 19.4 Å². The van der Waals surface area contributed by atoms with Gasteiger partial charge in [0.05, 0.1) is 0 Å². The highest BCUT2D eigenvalue weighted by molar-refractivity contribution is 5.69. The average molecular weight is 295 g/mol. The zero-order valence-electron chi connectivity index (χ0n) is 12.5. The maximum atomic E-state index is 11.8. The Morgan fingerprint density at radius 2 is 2.14 bits per heavy atom. The summed E-state index contributed by atoms with van der Waals surface area (Å²) in [5.74, 6) is -0.909. The number of nitrogens with one attached hydrogen (secondary N) is 1. The number of aromatic nitrogens is 2. The Kier molecular flexibility index (Phi) is 6.08. The molecular weight excluding hydrogens is 274 g/mol. The van der Waals surface area contributed by atoms with Gasteiger partial charge in [-0.2, -0.15) is 0 Å². The molecule has 1 heterocycles. The number of carbonyl (C=O) groups is 2. The number of hydrogen-bond acceptors (Lipinski definition) is 5. The summed E-state index contributed by atoms with van der Waals surface area (Å²) in [6, 6.07) is 1.37. The summed E-state index contributed by atoms with van der Waals surface area (Å²) < 4.78 is 5.18. The first-order valence-electron chi connectivity index (χ1n) is 6.72. The molecule has 2 N–H and O–H groups in total. The zero-order chi connectivity index (χ0) is 15.9. The highest BCUT2D eigenvalue weighted by Gasteiger charge is 2.20. The van der Waals surface area contributed by atoms with E-state index in [1.807, 2.05) is 0 Å². The molecule has 0 aliphatic heterocycles. The number of aliphatic carboxylic acids is 1. The van der Waals surface area contributed by atoms with Crippen molar-refractivity contribution >= 4 is 12.1 Å². The van der Waals surface area contributed by atoms with Crippen LogP contribution in [0.3, 0.4) is 0 Å². The molecule has 7 nitrogen and oxygen atoms in total. The standard InChI is InChI=1S/C14H21N3O4/c1-14(2,3)21-13(20)17-11(4-5-12(18)19)8-10-6-7-15-9-16-10/h6-7,9,11H,4-5,8H2,1-3H3,(H,17,20)(H,18,19). The first kappa shape index (κ1) is 16.9. The Morgan fingerprint density at radius 3 is 2.67 bits per heavy atom. The predicted octanol–water partition coefficient (Wildman–Crippen LogP) is 1.78. The lowest BCUT2D eigenvalue weighted by Crippen LogP contribution is -2.40. The zero-order valence-corrected chi connectivity index (χ0v) is 12.5. The summed E-state index contributed by atoms with van der Waals surface area (Å²) in [5, 5.41) is 11.5. The second-order valence-electron chi connectivity index (χ2n) is 5.68. The fraction of sp³-hybridized carbons (Fsp3) is 0.571. The average Bonchev–Trinajstić information content (AvgIpc) is 2.34. The molecule has 1 aromatic rings. The van der Waals surface area contributed by atoms with E-state index in [0.717, 1.165) is 5.69 Å². The van der Waals surface area contributed by atoms with Crippen LogP contribution in [0, 0.1) is 0 Å². The molecule has 0 saturated heterocycles. The van der Waals surface area contributed by atoms with Crippen molar-refractivity contribution in [2.75, 3.05) is 0 Å². The quantitative estimate of drug-likeness (QED) is 0.829. The van der Waals surface area contributed by atoms with Gasteiger partial charge in [-0.25, -0.2) is 14.8 Å². The molecule has 0 bridgehead atoms. The topological polar surface area (TPSA) is 101 Å². The van der Waals surface area contributed by atoms with Gasteiger partial charge in [0.25, 0.3) is 0 Å². The molecule has 1 unspecified atom stereocenters. The molecule has 0 aliphatic carbocycles. The number of alkyl carbamates (subject to hydrolysis) is 1. The summed E-state index contributed by atoms with van der Waals surface area (Å²) in [7, 11) is 0. The molecule has 7 heteroatoms. The van der Waals surface area contributed by atoms with Gasteiger partial charge in [-0.05, 0) is 33.3 Å². The van der Waals surface area contributed by atoms with Crippen LogP contribution in [0.25, 0.3) is 0 Å². The SMILES string of the molecule is CC(C)(C)OC(=O)NC(CCC(=O)O)Cc1ccncn1. The Hall–Kier alpha value is -2.18. The number of carbonyl (C=O) groups excluding carboxylic acids is 1. The molecule has 116 valence electrons. The van der Waals surface area contributed by atoms with Gasteiger partial charge in [-0.1, -0.05) is 0 Å². The van der Waals surface area contributed by atoms with Crippen molar-refractivity contribution in [2.45, 2.75) is 51.7 Å². The van der Waals surface area contributed by atoms with Gasteiger partial charge in [0, 0.05) is 30.8 Å². The number of rotatable bonds is 6. The van der Waals surface area contributed by atoms with Crippen LogP contribution < -0.4 is 5.32 Å². The van der Waals surface area contributed by atoms with Crippen molar-refractivity contribution in [2.24, 2.45) is 0 Å². The highest BCUT2D eigenvalue weighted by Crippen LogP contribution is 2.09. The molecular formula is C14H21N3O4. The molecule has 1 amide bonds. The van der Waals surface area contributed by atoms with Gasteiger partial charge < -0.3 is 15.2 Å². The molecule has 1 rings (SSSR count). The van der Waals surface area contributed by atoms with Crippen molar-refractivity contribution in [1.29, 1.82) is 0 Å². The molecule has 0 aliphatic rings. The molecule has 0 fully saturated rings. The summed E-state index contributed by atoms with van der Waals surface area (Å²) >= 11 is 0. The van der Waals surface area contributed by atoms with Crippen molar-refractivity contribution in [3.8, 4) is 0 Å². The van der Waals surface area contributed by atoms with Crippen LogP contribution in [0.1, 0.15) is 39.3 Å². The Balaban J connectivity index is 2.63. The molecule has 0 spiro atoms. The van der Waals surface area contributed by atoms with E-state index in [1.54, 1.807) is 33.0 Å². The Labute approximate surface area is 123 Å². The van der Waals surface area contributed by atoms with E-state index in [2.05, 4.69) is 15.3 Å². The fourth-order valence-corrected chi connectivity index (χ4v) is 1.69. The van der Waals surface area contributed by atoms with Crippen LogP contribution in [0.4, 0.5) is 4.79 Å². The van der Waals surface area contributed by atoms with Crippen LogP contribution in [-0.2, 0) is 16.0 Å². The maximum absolute atomic E-state index is 11.8. The van der Waals surface area contributed by atoms with Gasteiger partial charge in [0.1, 0.15) is 11.9 Å². The lowest BCUT2D eigenvalue weighted by atomic mass is 10.1. The van der Waals surface area contributed by atoms with Crippen LogP contribution in [0.5, 0.6) is 0 Å². The van der Waals surface area contributed by atoms with E-state index in [4.69, 9.17) is 9.84 Å². The first-order chi connectivity index (χ1) is 9.76. The third-order valence-corrected chi connectivity index (χ3v) is 2.53. The van der Waals surface area contributed by atoms with E-state index >= 15 is 0 Å². The predicted molar refractivity (Wildman–Crippen MR) is 75.8 cm³/mol. The van der Waals surface area contributed by atoms with Crippen LogP contribution in [0.15, 0.2) is 18.6 Å². The normalized spacial score (nSPS) is 12.5. The van der Waals surface area contributed by atoms with Gasteiger partial charge in [-0.15, -0.1) is 0 Å². The van der Waals surface area contributed by atoms with E-state index in [1.165, 1.54) is 6.33 Å². The second-order valence-corrected chi connectivity index (χ2v) is 5.68. The molecule has 1 aromatic heterocycles. The van der Waals surface area contributed by atoms with Crippen molar-refractivity contribution in [3.63, 3.8) is 0 Å². The minimum Gasteiger partial charge on any atom is -0.481 e. The van der Waals surface area contributed by atoms with Gasteiger partial charge in [-0.3, -0.25) is 4.79 Å². The first-order valence-corrected chi connectivity index (χ1v) is 6.72. The largest absolute Gasteiger partial charge is 0.481 e. The summed E-state index contributed by atoms with van der Waals surface area (Å²) in [6.45, 7) is 5.30. The number of nitrogens with zero attached hydrogens (tertiary/aromatic N) is 2. The number of amides is 1. The summed E-state index contributed by atoms with van der Waals surface area (Å²) in [6.07, 6.45) is 3.15. The molecule has 21 heavy (non-hydrogen) atoms. The third kappa shape index (κ3) is 7.86. The number of carboxylic acids is 1. The molecule has 1 atom stereocenters. The molecule has 0 aromatic carbocycles. The van der Waals surface area contributed by atoms with E-state index < -0.39 is 17.7 Å². The maximum Gasteiger partial charge on any atom is 0.407 e. The summed E-state index contributed by atoms with van der Waals surface area (Å²) in [5.41, 5.74) is 0.132. The minimum atomic E-state index is -0.909. The van der Waals surface area contributed by atoms with Crippen molar-refractivity contribution in [1.82, 2.24) is 15.3 Å². The number of ether oxygens (including phenoxy) is 1. The van der Waals surface area contributed by atoms with E-state index in [-0.39, 0.29) is 12.5 Å². The molecule has 0 saturated carbocycles. The van der Waals surface area contributed by atoms with Crippen LogP contribution in [0.2, 0.25) is 0 Å². The molecule has 0 radical (unpaired) electrons. The van der Waals surface area contributed by atoms with Gasteiger partial charge in [0.2, 0.25) is 0 Å². The van der Waals surface area contributed by atoms with Crippen LogP contribution in [-0.4, -0.2) is 38.8 Å². The monoisotopic (exact) mass is 295 g/mol. The van der Waals surface area contributed by atoms with Crippen molar-refractivity contribution in [3.05, 3.63) is 24.3 Å². The van der Waals surface area contributed by atoms with E-state index in [0.29, 0.717) is 12.8 Å². The second kappa shape index (κ2) is 7.56.